The van der Waals surface area contributed by atoms with Crippen LogP contribution in [-0.2, 0) is 18.4 Å². The van der Waals surface area contributed by atoms with Crippen molar-refractivity contribution in [1.29, 1.82) is 0 Å². The van der Waals surface area contributed by atoms with Crippen LogP contribution >= 0.6 is 0 Å². The summed E-state index contributed by atoms with van der Waals surface area (Å²) in [6.45, 7) is 5.20. The van der Waals surface area contributed by atoms with Crippen LogP contribution in [0.3, 0.4) is 0 Å². The summed E-state index contributed by atoms with van der Waals surface area (Å²) in [5.41, 5.74) is 4.52. The average molecular weight is 391 g/mol. The first-order valence-corrected chi connectivity index (χ1v) is 9.80. The fourth-order valence-corrected chi connectivity index (χ4v) is 3.85. The summed E-state index contributed by atoms with van der Waals surface area (Å²) in [5.74, 6) is 0.760. The van der Waals surface area contributed by atoms with Gasteiger partial charge in [0.1, 0.15) is 11.4 Å². The molecule has 1 fully saturated rings. The molecule has 0 aliphatic carbocycles. The molecule has 7 nitrogen and oxygen atoms in total. The third kappa shape index (κ3) is 3.55. The van der Waals surface area contributed by atoms with Gasteiger partial charge < -0.3 is 14.8 Å². The SMILES string of the molecule is Cc1ccc(C)n1-c1c(C(=O)NCc2ccc(N3CCCC3=O)cc2)cnn1C. The maximum atomic E-state index is 12.9. The Kier molecular flexibility index (Phi) is 4.96. The van der Waals surface area contributed by atoms with Gasteiger partial charge in [0.25, 0.3) is 5.91 Å². The number of aromatic nitrogens is 3. The maximum absolute atomic E-state index is 12.9. The summed E-state index contributed by atoms with van der Waals surface area (Å²) in [4.78, 5) is 26.5. The highest BCUT2D eigenvalue weighted by Crippen LogP contribution is 2.22. The lowest BCUT2D eigenvalue weighted by Crippen LogP contribution is -2.25. The minimum atomic E-state index is -0.167. The maximum Gasteiger partial charge on any atom is 0.256 e. The van der Waals surface area contributed by atoms with Gasteiger partial charge >= 0.3 is 0 Å². The lowest BCUT2D eigenvalue weighted by molar-refractivity contribution is -0.117. The number of benzene rings is 1. The Bertz CT molecular complexity index is 1040. The molecule has 0 atom stereocenters. The molecule has 0 spiro atoms. The zero-order valence-electron chi connectivity index (χ0n) is 17.0. The van der Waals surface area contributed by atoms with Crippen LogP contribution in [0.1, 0.15) is 40.2 Å². The van der Waals surface area contributed by atoms with E-state index in [9.17, 15) is 9.59 Å². The minimum absolute atomic E-state index is 0.167. The standard InChI is InChI=1S/C22H25N5O2/c1-15-6-7-16(2)27(15)22-19(14-24-25(22)3)21(29)23-13-17-8-10-18(11-9-17)26-12-4-5-20(26)28/h6-11,14H,4-5,12-13H2,1-3H3,(H,23,29). The van der Waals surface area contributed by atoms with E-state index in [0.29, 0.717) is 18.5 Å². The predicted octanol–water partition coefficient (Wildman–Crippen LogP) is 2.88. The molecule has 3 heterocycles. The van der Waals surface area contributed by atoms with Gasteiger partial charge in [-0.3, -0.25) is 14.3 Å². The Labute approximate surface area is 169 Å². The second-order valence-electron chi connectivity index (χ2n) is 7.46. The van der Waals surface area contributed by atoms with E-state index in [0.717, 1.165) is 41.4 Å². The summed E-state index contributed by atoms with van der Waals surface area (Å²) in [6.07, 6.45) is 3.13. The average Bonchev–Trinajstić information content (AvgIpc) is 3.39. The third-order valence-electron chi connectivity index (χ3n) is 5.41. The molecule has 7 heteroatoms. The zero-order chi connectivity index (χ0) is 20.5. The summed E-state index contributed by atoms with van der Waals surface area (Å²) < 4.78 is 3.75. The Morgan fingerprint density at radius 1 is 1.10 bits per heavy atom. The van der Waals surface area contributed by atoms with E-state index in [1.165, 1.54) is 0 Å². The first kappa shape index (κ1) is 19.0. The normalized spacial score (nSPS) is 13.9. The van der Waals surface area contributed by atoms with Gasteiger partial charge in [0, 0.05) is 43.6 Å². The molecule has 0 unspecified atom stereocenters. The molecule has 2 aromatic heterocycles. The van der Waals surface area contributed by atoms with Crippen LogP contribution in [0.15, 0.2) is 42.6 Å². The molecule has 29 heavy (non-hydrogen) atoms. The molecule has 1 aliphatic heterocycles. The highest BCUT2D eigenvalue weighted by molar-refractivity contribution is 5.97. The second-order valence-corrected chi connectivity index (χ2v) is 7.46. The number of hydrogen-bond donors (Lipinski definition) is 1. The van der Waals surface area contributed by atoms with Crippen molar-refractivity contribution in [2.45, 2.75) is 33.2 Å². The minimum Gasteiger partial charge on any atom is -0.348 e. The fraction of sp³-hybridized carbons (Fsp3) is 0.318. The molecule has 1 aromatic carbocycles. The molecule has 0 radical (unpaired) electrons. The number of nitrogens with one attached hydrogen (secondary N) is 1. The molecule has 1 saturated heterocycles. The van der Waals surface area contributed by atoms with Gasteiger partial charge in [-0.25, -0.2) is 0 Å². The van der Waals surface area contributed by atoms with Gasteiger partial charge in [-0.15, -0.1) is 0 Å². The fourth-order valence-electron chi connectivity index (χ4n) is 3.85. The predicted molar refractivity (Wildman–Crippen MR) is 111 cm³/mol. The number of hydrogen-bond acceptors (Lipinski definition) is 3. The van der Waals surface area contributed by atoms with Gasteiger partial charge in [-0.05, 0) is 50.1 Å². The van der Waals surface area contributed by atoms with E-state index in [4.69, 9.17) is 0 Å². The molecule has 2 amide bonds. The zero-order valence-corrected chi connectivity index (χ0v) is 17.0. The van der Waals surface area contributed by atoms with Crippen LogP contribution in [0.2, 0.25) is 0 Å². The van der Waals surface area contributed by atoms with Crippen LogP contribution in [-0.4, -0.2) is 32.7 Å². The quantitative estimate of drug-likeness (QED) is 0.727. The first-order chi connectivity index (χ1) is 14.0. The summed E-state index contributed by atoms with van der Waals surface area (Å²) >= 11 is 0. The molecule has 0 saturated carbocycles. The smallest absolute Gasteiger partial charge is 0.256 e. The Balaban J connectivity index is 1.48. The molecule has 0 bridgehead atoms. The number of anilines is 1. The molecule has 1 N–H and O–H groups in total. The van der Waals surface area contributed by atoms with Crippen molar-refractivity contribution >= 4 is 17.5 Å². The van der Waals surface area contributed by atoms with Crippen molar-refractivity contribution in [3.63, 3.8) is 0 Å². The molecular formula is C22H25N5O2. The van der Waals surface area contributed by atoms with Gasteiger partial charge in [0.05, 0.1) is 6.20 Å². The number of nitrogens with zero attached hydrogens (tertiary/aromatic N) is 4. The summed E-state index contributed by atoms with van der Waals surface area (Å²) in [7, 11) is 1.84. The molecule has 3 aromatic rings. The lowest BCUT2D eigenvalue weighted by atomic mass is 10.2. The van der Waals surface area contributed by atoms with Crippen LogP contribution in [0, 0.1) is 13.8 Å². The van der Waals surface area contributed by atoms with Crippen molar-refractivity contribution in [2.24, 2.45) is 7.05 Å². The Morgan fingerprint density at radius 2 is 1.79 bits per heavy atom. The summed E-state index contributed by atoms with van der Waals surface area (Å²) in [5, 5.41) is 7.27. The van der Waals surface area contributed by atoms with E-state index in [2.05, 4.69) is 10.4 Å². The van der Waals surface area contributed by atoms with E-state index in [1.54, 1.807) is 10.9 Å². The lowest BCUT2D eigenvalue weighted by Gasteiger charge is -2.16. The van der Waals surface area contributed by atoms with Crippen LogP contribution in [0.4, 0.5) is 5.69 Å². The topological polar surface area (TPSA) is 72.2 Å². The molecule has 4 rings (SSSR count). The highest BCUT2D eigenvalue weighted by Gasteiger charge is 2.22. The van der Waals surface area contributed by atoms with Crippen LogP contribution in [0.25, 0.3) is 5.82 Å². The summed E-state index contributed by atoms with van der Waals surface area (Å²) in [6, 6.07) is 11.8. The largest absolute Gasteiger partial charge is 0.348 e. The number of aryl methyl sites for hydroxylation is 3. The third-order valence-corrected chi connectivity index (χ3v) is 5.41. The Morgan fingerprint density at radius 3 is 2.41 bits per heavy atom. The van der Waals surface area contributed by atoms with Crippen molar-refractivity contribution in [3.05, 3.63) is 65.1 Å². The van der Waals surface area contributed by atoms with Gasteiger partial charge in [-0.2, -0.15) is 5.10 Å². The molecule has 150 valence electrons. The van der Waals surface area contributed by atoms with Crippen molar-refractivity contribution < 1.29 is 9.59 Å². The van der Waals surface area contributed by atoms with Crippen molar-refractivity contribution in [1.82, 2.24) is 19.7 Å². The van der Waals surface area contributed by atoms with Gasteiger partial charge in [-0.1, -0.05) is 12.1 Å². The van der Waals surface area contributed by atoms with Gasteiger partial charge in [0.15, 0.2) is 0 Å². The van der Waals surface area contributed by atoms with E-state index < -0.39 is 0 Å². The van der Waals surface area contributed by atoms with Crippen molar-refractivity contribution in [3.8, 4) is 5.82 Å². The monoisotopic (exact) mass is 391 g/mol. The Hall–Kier alpha value is -3.35. The van der Waals surface area contributed by atoms with Gasteiger partial charge in [0.2, 0.25) is 5.91 Å². The second kappa shape index (κ2) is 7.58. The van der Waals surface area contributed by atoms with Crippen molar-refractivity contribution in [2.75, 3.05) is 11.4 Å². The number of carbonyl (C=O) groups excluding carboxylic acids is 2. The van der Waals surface area contributed by atoms with E-state index >= 15 is 0 Å². The number of carbonyl (C=O) groups is 2. The molecular weight excluding hydrogens is 366 g/mol. The van der Waals surface area contributed by atoms with E-state index in [1.807, 2.05) is 66.8 Å². The molecule has 1 aliphatic rings. The number of rotatable bonds is 5. The highest BCUT2D eigenvalue weighted by atomic mass is 16.2. The number of amides is 2. The van der Waals surface area contributed by atoms with Crippen LogP contribution < -0.4 is 10.2 Å². The van der Waals surface area contributed by atoms with E-state index in [-0.39, 0.29) is 11.8 Å². The van der Waals surface area contributed by atoms with Crippen LogP contribution in [0.5, 0.6) is 0 Å². The first-order valence-electron chi connectivity index (χ1n) is 9.80.